The maximum atomic E-state index is 10.0. The van der Waals surface area contributed by atoms with Crippen molar-refractivity contribution in [3.8, 4) is 0 Å². The number of aliphatic hydroxyl groups is 1. The Bertz CT molecular complexity index is 281. The number of nitrogens with zero attached hydrogens (tertiary/aromatic N) is 2. The van der Waals surface area contributed by atoms with E-state index >= 15 is 0 Å². The third-order valence-electron chi connectivity index (χ3n) is 2.48. The zero-order chi connectivity index (χ0) is 9.26. The zero-order valence-electron chi connectivity index (χ0n) is 7.68. The molecule has 3 nitrogen and oxygen atoms in total. The normalized spacial score (nSPS) is 24.9. The zero-order valence-corrected chi connectivity index (χ0v) is 8.50. The first-order valence-electron chi connectivity index (χ1n) is 4.56. The lowest BCUT2D eigenvalue weighted by molar-refractivity contribution is 0.163. The molecule has 0 aromatic carbocycles. The van der Waals surface area contributed by atoms with Crippen LogP contribution in [0, 0.1) is 0 Å². The van der Waals surface area contributed by atoms with Crippen molar-refractivity contribution < 1.29 is 5.11 Å². The molecule has 2 unspecified atom stereocenters. The minimum absolute atomic E-state index is 0.347. The molecular weight excluding hydrogens is 184 g/mol. The Morgan fingerprint density at radius 1 is 1.77 bits per heavy atom. The Hall–Kier alpha value is -0.480. The predicted molar refractivity (Wildman–Crippen MR) is 53.6 cm³/mol. The lowest BCUT2D eigenvalue weighted by atomic mass is 10.1. The van der Waals surface area contributed by atoms with Gasteiger partial charge in [-0.15, -0.1) is 0 Å². The third kappa shape index (κ3) is 1.74. The molecule has 1 aliphatic rings. The Balaban J connectivity index is 2.12. The van der Waals surface area contributed by atoms with Crippen LogP contribution in [0.15, 0.2) is 12.3 Å². The number of rotatable bonds is 2. The van der Waals surface area contributed by atoms with Crippen molar-refractivity contribution in [3.05, 3.63) is 18.0 Å². The van der Waals surface area contributed by atoms with Gasteiger partial charge in [0.1, 0.15) is 6.10 Å². The van der Waals surface area contributed by atoms with Crippen molar-refractivity contribution in [3.63, 3.8) is 0 Å². The second-order valence-corrected chi connectivity index (χ2v) is 4.72. The van der Waals surface area contributed by atoms with E-state index in [-0.39, 0.29) is 6.10 Å². The van der Waals surface area contributed by atoms with Crippen LogP contribution in [0.1, 0.15) is 24.6 Å². The highest BCUT2D eigenvalue weighted by molar-refractivity contribution is 8.00. The Labute approximate surface area is 82.1 Å². The molecule has 0 radical (unpaired) electrons. The predicted octanol–water partition coefficient (Wildman–Crippen LogP) is 1.35. The molecule has 2 heterocycles. The summed E-state index contributed by atoms with van der Waals surface area (Å²) in [5.74, 6) is 1.18. The fraction of sp³-hybridized carbons (Fsp3) is 0.667. The van der Waals surface area contributed by atoms with E-state index in [2.05, 4.69) is 5.10 Å². The fourth-order valence-electron chi connectivity index (χ4n) is 1.72. The molecule has 1 aliphatic heterocycles. The molecule has 72 valence electrons. The molecule has 0 saturated carbocycles. The summed E-state index contributed by atoms with van der Waals surface area (Å²) in [6, 6.07) is 1.89. The fourth-order valence-corrected chi connectivity index (χ4v) is 3.01. The van der Waals surface area contributed by atoms with Gasteiger partial charge >= 0.3 is 0 Å². The molecule has 4 heteroatoms. The molecule has 1 aromatic heterocycles. The van der Waals surface area contributed by atoms with Crippen LogP contribution in [-0.2, 0) is 7.05 Å². The van der Waals surface area contributed by atoms with Gasteiger partial charge in [-0.2, -0.15) is 16.9 Å². The topological polar surface area (TPSA) is 38.0 Å². The quantitative estimate of drug-likeness (QED) is 0.779. The second-order valence-electron chi connectivity index (χ2n) is 3.38. The molecule has 1 saturated heterocycles. The summed E-state index contributed by atoms with van der Waals surface area (Å²) in [4.78, 5) is 0. The number of hydrogen-bond donors (Lipinski definition) is 1. The van der Waals surface area contributed by atoms with Crippen molar-refractivity contribution in [2.75, 3.05) is 5.75 Å². The van der Waals surface area contributed by atoms with Gasteiger partial charge in [0.15, 0.2) is 0 Å². The standard InChI is InChI=1S/C9H14N2OS/c1-11-7(4-5-10-11)9(12)8-3-2-6-13-8/h4-5,8-9,12H,2-3,6H2,1H3. The Kier molecular flexibility index (Phi) is 2.60. The largest absolute Gasteiger partial charge is 0.386 e. The molecule has 1 aromatic rings. The lowest BCUT2D eigenvalue weighted by Gasteiger charge is -2.16. The van der Waals surface area contributed by atoms with Gasteiger partial charge in [0.25, 0.3) is 0 Å². The highest BCUT2D eigenvalue weighted by Gasteiger charge is 2.26. The molecule has 2 atom stereocenters. The van der Waals surface area contributed by atoms with Crippen LogP contribution in [0.5, 0.6) is 0 Å². The number of hydrogen-bond acceptors (Lipinski definition) is 3. The molecule has 13 heavy (non-hydrogen) atoms. The molecule has 1 N–H and O–H groups in total. The summed E-state index contributed by atoms with van der Waals surface area (Å²) < 4.78 is 1.75. The molecule has 2 rings (SSSR count). The monoisotopic (exact) mass is 198 g/mol. The molecule has 0 spiro atoms. The van der Waals surface area contributed by atoms with Crippen molar-refractivity contribution >= 4 is 11.8 Å². The SMILES string of the molecule is Cn1nccc1C(O)C1CCCS1. The first-order chi connectivity index (χ1) is 6.29. The number of aryl methyl sites for hydroxylation is 1. The van der Waals surface area contributed by atoms with Crippen LogP contribution in [0.2, 0.25) is 0 Å². The Morgan fingerprint density at radius 2 is 2.62 bits per heavy atom. The van der Waals surface area contributed by atoms with E-state index in [1.54, 1.807) is 10.9 Å². The summed E-state index contributed by atoms with van der Waals surface area (Å²) in [5, 5.41) is 14.4. The maximum absolute atomic E-state index is 10.0. The van der Waals surface area contributed by atoms with Crippen LogP contribution >= 0.6 is 11.8 Å². The van der Waals surface area contributed by atoms with Crippen LogP contribution in [-0.4, -0.2) is 25.9 Å². The van der Waals surface area contributed by atoms with Gasteiger partial charge in [0.2, 0.25) is 0 Å². The first kappa shape index (κ1) is 9.09. The van der Waals surface area contributed by atoms with Gasteiger partial charge in [-0.25, -0.2) is 0 Å². The summed E-state index contributed by atoms with van der Waals surface area (Å²) in [5.41, 5.74) is 0.930. The highest BCUT2D eigenvalue weighted by atomic mass is 32.2. The first-order valence-corrected chi connectivity index (χ1v) is 5.61. The molecule has 0 bridgehead atoms. The maximum Gasteiger partial charge on any atom is 0.107 e. The van der Waals surface area contributed by atoms with E-state index in [0.717, 1.165) is 12.1 Å². The minimum Gasteiger partial charge on any atom is -0.386 e. The van der Waals surface area contributed by atoms with E-state index in [1.165, 1.54) is 12.2 Å². The van der Waals surface area contributed by atoms with E-state index in [4.69, 9.17) is 0 Å². The van der Waals surface area contributed by atoms with Crippen LogP contribution in [0.25, 0.3) is 0 Å². The average Bonchev–Trinajstić information content (AvgIpc) is 2.72. The number of thioether (sulfide) groups is 1. The van der Waals surface area contributed by atoms with Crippen molar-refractivity contribution in [2.24, 2.45) is 7.05 Å². The lowest BCUT2D eigenvalue weighted by Crippen LogP contribution is -2.15. The molecule has 0 amide bonds. The average molecular weight is 198 g/mol. The third-order valence-corrected chi connectivity index (χ3v) is 3.92. The molecule has 0 aliphatic carbocycles. The van der Waals surface area contributed by atoms with Gasteiger partial charge in [-0.05, 0) is 24.7 Å². The van der Waals surface area contributed by atoms with Crippen molar-refractivity contribution in [1.82, 2.24) is 9.78 Å². The van der Waals surface area contributed by atoms with Crippen LogP contribution < -0.4 is 0 Å². The van der Waals surface area contributed by atoms with Crippen molar-refractivity contribution in [1.29, 1.82) is 0 Å². The minimum atomic E-state index is -0.347. The van der Waals surface area contributed by atoms with Gasteiger partial charge in [-0.3, -0.25) is 4.68 Å². The van der Waals surface area contributed by atoms with Crippen LogP contribution in [0.3, 0.4) is 0 Å². The summed E-state index contributed by atoms with van der Waals surface area (Å²) in [6.45, 7) is 0. The summed E-state index contributed by atoms with van der Waals surface area (Å²) >= 11 is 1.87. The number of aromatic nitrogens is 2. The van der Waals surface area contributed by atoms with Gasteiger partial charge < -0.3 is 5.11 Å². The smallest absolute Gasteiger partial charge is 0.107 e. The van der Waals surface area contributed by atoms with E-state index in [0.29, 0.717) is 5.25 Å². The van der Waals surface area contributed by atoms with Crippen LogP contribution in [0.4, 0.5) is 0 Å². The van der Waals surface area contributed by atoms with Gasteiger partial charge in [0.05, 0.1) is 5.69 Å². The van der Waals surface area contributed by atoms with Crippen molar-refractivity contribution in [2.45, 2.75) is 24.2 Å². The van der Waals surface area contributed by atoms with Gasteiger partial charge in [0, 0.05) is 18.5 Å². The van der Waals surface area contributed by atoms with E-state index in [1.807, 2.05) is 24.9 Å². The van der Waals surface area contributed by atoms with E-state index in [9.17, 15) is 5.11 Å². The second kappa shape index (κ2) is 3.72. The summed E-state index contributed by atoms with van der Waals surface area (Å²) in [7, 11) is 1.87. The number of aliphatic hydroxyl groups excluding tert-OH is 1. The van der Waals surface area contributed by atoms with Gasteiger partial charge in [-0.1, -0.05) is 0 Å². The Morgan fingerprint density at radius 3 is 3.15 bits per heavy atom. The van der Waals surface area contributed by atoms with E-state index < -0.39 is 0 Å². The molecular formula is C9H14N2OS. The molecule has 1 fully saturated rings. The summed E-state index contributed by atoms with van der Waals surface area (Å²) in [6.07, 6.45) is 3.74. The highest BCUT2D eigenvalue weighted by Crippen LogP contribution is 2.35.